The molecule has 0 aliphatic carbocycles. The van der Waals surface area contributed by atoms with Crippen molar-refractivity contribution < 1.29 is 14.3 Å². The molecule has 2 aromatic heterocycles. The second-order valence-electron chi connectivity index (χ2n) is 11.0. The fourth-order valence-electron chi connectivity index (χ4n) is 4.64. The van der Waals surface area contributed by atoms with Crippen LogP contribution in [0.25, 0.3) is 11.3 Å². The maximum atomic E-state index is 12.9. The summed E-state index contributed by atoms with van der Waals surface area (Å²) in [6, 6.07) is 9.83. The summed E-state index contributed by atoms with van der Waals surface area (Å²) in [4.78, 5) is 23.5. The molecule has 1 N–H and O–H groups in total. The summed E-state index contributed by atoms with van der Waals surface area (Å²) in [5, 5.41) is 17.9. The zero-order valence-electron chi connectivity index (χ0n) is 22.0. The third kappa shape index (κ3) is 4.62. The van der Waals surface area contributed by atoms with Crippen molar-refractivity contribution in [1.29, 1.82) is 5.26 Å². The maximum Gasteiger partial charge on any atom is 0.414 e. The molecule has 4 heterocycles. The monoisotopic (exact) mass is 501 g/mol. The Labute approximate surface area is 216 Å². The van der Waals surface area contributed by atoms with Crippen LogP contribution in [0, 0.1) is 11.3 Å². The van der Waals surface area contributed by atoms with E-state index in [0.717, 1.165) is 22.6 Å². The Balaban J connectivity index is 1.45. The number of nitriles is 1. The molecule has 10 heteroatoms. The standard InChI is InChI=1S/C27H31N7O3/c1-16-13-34(25(35)37-26(2,3)4)23-18(12-28)9-17(10-19(16)23)20-7-8-29-24(30-20)31-22-11-21(32-33(22)6)27(5)14-36-15-27/h7-11,16H,13-15H2,1-6H3,(H,29,30,31). The van der Waals surface area contributed by atoms with Crippen LogP contribution in [0.15, 0.2) is 30.5 Å². The predicted molar refractivity (Wildman–Crippen MR) is 139 cm³/mol. The lowest BCUT2D eigenvalue weighted by atomic mass is 9.85. The molecule has 0 saturated carbocycles. The van der Waals surface area contributed by atoms with Crippen LogP contribution in [0.3, 0.4) is 0 Å². The molecule has 3 aromatic rings. The Bertz CT molecular complexity index is 1410. The summed E-state index contributed by atoms with van der Waals surface area (Å²) in [5.41, 5.74) is 3.63. The second kappa shape index (κ2) is 8.85. The highest BCUT2D eigenvalue weighted by Gasteiger charge is 2.38. The first-order valence-electron chi connectivity index (χ1n) is 12.3. The molecule has 5 rings (SSSR count). The van der Waals surface area contributed by atoms with Gasteiger partial charge in [-0.05, 0) is 51.5 Å². The molecule has 0 spiro atoms. The quantitative estimate of drug-likeness (QED) is 0.549. The molecule has 0 bridgehead atoms. The van der Waals surface area contributed by atoms with Gasteiger partial charge in [-0.25, -0.2) is 14.8 Å². The zero-order chi connectivity index (χ0) is 26.5. The van der Waals surface area contributed by atoms with E-state index in [2.05, 4.69) is 28.4 Å². The average molecular weight is 502 g/mol. The molecular weight excluding hydrogens is 470 g/mol. The number of aromatic nitrogens is 4. The molecule has 1 amide bonds. The van der Waals surface area contributed by atoms with Crippen molar-refractivity contribution in [2.24, 2.45) is 7.05 Å². The SMILES string of the molecule is CC1CN(C(=O)OC(C)(C)C)c2c(C#N)cc(-c3ccnc(Nc4cc(C5(C)COC5)nn4C)n3)cc21. The first-order valence-corrected chi connectivity index (χ1v) is 12.3. The van der Waals surface area contributed by atoms with Gasteiger partial charge in [-0.15, -0.1) is 0 Å². The second-order valence-corrected chi connectivity index (χ2v) is 11.0. The van der Waals surface area contributed by atoms with Crippen LogP contribution < -0.4 is 10.2 Å². The number of anilines is 3. The molecular formula is C27H31N7O3. The fourth-order valence-corrected chi connectivity index (χ4v) is 4.64. The lowest BCUT2D eigenvalue weighted by Gasteiger charge is -2.36. The molecule has 192 valence electrons. The van der Waals surface area contributed by atoms with E-state index in [1.807, 2.05) is 46.9 Å². The van der Waals surface area contributed by atoms with Crippen molar-refractivity contribution in [3.8, 4) is 17.3 Å². The lowest BCUT2D eigenvalue weighted by molar-refractivity contribution is -0.0522. The number of nitrogens with one attached hydrogen (secondary N) is 1. The third-order valence-corrected chi connectivity index (χ3v) is 6.66. The van der Waals surface area contributed by atoms with Crippen molar-refractivity contribution in [3.05, 3.63) is 47.3 Å². The Hall–Kier alpha value is -3.97. The van der Waals surface area contributed by atoms with Gasteiger partial charge in [-0.1, -0.05) is 6.92 Å². The van der Waals surface area contributed by atoms with Gasteiger partial charge in [0.05, 0.1) is 41.3 Å². The van der Waals surface area contributed by atoms with Gasteiger partial charge in [0.15, 0.2) is 0 Å². The minimum atomic E-state index is -0.627. The summed E-state index contributed by atoms with van der Waals surface area (Å²) >= 11 is 0. The largest absolute Gasteiger partial charge is 0.443 e. The van der Waals surface area contributed by atoms with Gasteiger partial charge in [0.1, 0.15) is 17.5 Å². The Morgan fingerprint density at radius 1 is 1.30 bits per heavy atom. The zero-order valence-corrected chi connectivity index (χ0v) is 22.0. The van der Waals surface area contributed by atoms with E-state index in [9.17, 15) is 10.1 Å². The number of rotatable bonds is 4. The van der Waals surface area contributed by atoms with Crippen LogP contribution in [-0.2, 0) is 21.9 Å². The number of carbonyl (C=O) groups is 1. The number of fused-ring (bicyclic) bond motifs is 1. The Morgan fingerprint density at radius 2 is 2.05 bits per heavy atom. The number of amides is 1. The third-order valence-electron chi connectivity index (χ3n) is 6.66. The highest BCUT2D eigenvalue weighted by Crippen LogP contribution is 2.42. The van der Waals surface area contributed by atoms with Gasteiger partial charge in [-0.2, -0.15) is 10.4 Å². The van der Waals surface area contributed by atoms with Gasteiger partial charge in [0, 0.05) is 37.3 Å². The van der Waals surface area contributed by atoms with Crippen LogP contribution in [0.1, 0.15) is 57.4 Å². The first kappa shape index (κ1) is 24.7. The van der Waals surface area contributed by atoms with Gasteiger partial charge >= 0.3 is 6.09 Å². The van der Waals surface area contributed by atoms with Gasteiger partial charge in [0.2, 0.25) is 5.95 Å². The van der Waals surface area contributed by atoms with Gasteiger partial charge in [-0.3, -0.25) is 9.58 Å². The predicted octanol–water partition coefficient (Wildman–Crippen LogP) is 4.64. The van der Waals surface area contributed by atoms with Crippen molar-refractivity contribution in [2.45, 2.75) is 51.6 Å². The Kier molecular flexibility index (Phi) is 5.91. The molecule has 1 saturated heterocycles. The van der Waals surface area contributed by atoms with Crippen LogP contribution in [0.2, 0.25) is 0 Å². The van der Waals surface area contributed by atoms with Gasteiger partial charge < -0.3 is 14.8 Å². The molecule has 1 aromatic carbocycles. The average Bonchev–Trinajstić information content (AvgIpc) is 3.36. The molecule has 10 nitrogen and oxygen atoms in total. The van der Waals surface area contributed by atoms with E-state index in [1.54, 1.807) is 27.9 Å². The minimum Gasteiger partial charge on any atom is -0.443 e. The molecule has 0 radical (unpaired) electrons. The van der Waals surface area contributed by atoms with E-state index in [4.69, 9.17) is 14.5 Å². The fraction of sp³-hybridized carbons (Fsp3) is 0.444. The number of hydrogen-bond donors (Lipinski definition) is 1. The van der Waals surface area contributed by atoms with E-state index >= 15 is 0 Å². The van der Waals surface area contributed by atoms with Crippen molar-refractivity contribution in [3.63, 3.8) is 0 Å². The maximum absolute atomic E-state index is 12.9. The highest BCUT2D eigenvalue weighted by molar-refractivity contribution is 5.94. The van der Waals surface area contributed by atoms with E-state index in [0.29, 0.717) is 42.7 Å². The summed E-state index contributed by atoms with van der Waals surface area (Å²) in [6.45, 7) is 11.4. The summed E-state index contributed by atoms with van der Waals surface area (Å²) in [7, 11) is 1.87. The topological polar surface area (TPSA) is 118 Å². The number of hydrogen-bond acceptors (Lipinski definition) is 8. The van der Waals surface area contributed by atoms with E-state index in [1.165, 1.54) is 0 Å². The summed E-state index contributed by atoms with van der Waals surface area (Å²) < 4.78 is 12.7. The van der Waals surface area contributed by atoms with Crippen LogP contribution in [0.5, 0.6) is 0 Å². The van der Waals surface area contributed by atoms with Crippen molar-refractivity contribution in [2.75, 3.05) is 30.0 Å². The molecule has 2 aliphatic heterocycles. The molecule has 2 aliphatic rings. The van der Waals surface area contributed by atoms with E-state index < -0.39 is 11.7 Å². The smallest absolute Gasteiger partial charge is 0.414 e. The number of benzene rings is 1. The normalized spacial score (nSPS) is 18.1. The number of ether oxygens (including phenoxy) is 2. The highest BCUT2D eigenvalue weighted by atomic mass is 16.6. The lowest BCUT2D eigenvalue weighted by Crippen LogP contribution is -2.44. The molecule has 1 atom stereocenters. The minimum absolute atomic E-state index is 0.0405. The van der Waals surface area contributed by atoms with Crippen molar-refractivity contribution >= 4 is 23.5 Å². The van der Waals surface area contributed by atoms with Crippen LogP contribution in [-0.4, -0.2) is 51.2 Å². The number of nitrogens with zero attached hydrogens (tertiary/aromatic N) is 6. The molecule has 37 heavy (non-hydrogen) atoms. The van der Waals surface area contributed by atoms with Crippen LogP contribution >= 0.6 is 0 Å². The van der Waals surface area contributed by atoms with Crippen LogP contribution in [0.4, 0.5) is 22.2 Å². The summed E-state index contributed by atoms with van der Waals surface area (Å²) in [5.74, 6) is 1.23. The molecule has 1 unspecified atom stereocenters. The van der Waals surface area contributed by atoms with Gasteiger partial charge in [0.25, 0.3) is 0 Å². The summed E-state index contributed by atoms with van der Waals surface area (Å²) in [6.07, 6.45) is 1.23. The number of carbonyl (C=O) groups excluding carboxylic acids is 1. The molecule has 1 fully saturated rings. The van der Waals surface area contributed by atoms with Crippen molar-refractivity contribution in [1.82, 2.24) is 19.7 Å². The first-order chi connectivity index (χ1) is 17.5. The Morgan fingerprint density at radius 3 is 2.70 bits per heavy atom. The van der Waals surface area contributed by atoms with E-state index in [-0.39, 0.29) is 11.3 Å². The number of aryl methyl sites for hydroxylation is 1.